The molecule has 2 aromatic heterocycles. The molecule has 5 nitrogen and oxygen atoms in total. The van der Waals surface area contributed by atoms with Crippen molar-refractivity contribution >= 4 is 11.3 Å². The predicted molar refractivity (Wildman–Crippen MR) is 72.3 cm³/mol. The highest BCUT2D eigenvalue weighted by Gasteiger charge is 2.26. The first-order chi connectivity index (χ1) is 9.29. The van der Waals surface area contributed by atoms with E-state index in [9.17, 15) is 5.26 Å². The molecule has 98 valence electrons. The monoisotopic (exact) mass is 273 g/mol. The second-order valence-corrected chi connectivity index (χ2v) is 5.79. The third kappa shape index (κ3) is 2.26. The van der Waals surface area contributed by atoms with Crippen molar-refractivity contribution in [2.75, 3.05) is 0 Å². The molecule has 1 aliphatic carbocycles. The van der Waals surface area contributed by atoms with Crippen LogP contribution in [-0.4, -0.2) is 20.0 Å². The van der Waals surface area contributed by atoms with Gasteiger partial charge in [0.2, 0.25) is 5.13 Å². The Bertz CT molecular complexity index is 615. The minimum Gasteiger partial charge on any atom is -0.224 e. The van der Waals surface area contributed by atoms with E-state index in [1.54, 1.807) is 16.0 Å². The van der Waals surface area contributed by atoms with Crippen LogP contribution >= 0.6 is 11.3 Å². The third-order valence-corrected chi connectivity index (χ3v) is 4.52. The second-order valence-electron chi connectivity index (χ2n) is 4.95. The molecule has 0 aromatic carbocycles. The van der Waals surface area contributed by atoms with Crippen molar-refractivity contribution in [3.05, 3.63) is 22.5 Å². The summed E-state index contributed by atoms with van der Waals surface area (Å²) in [6.45, 7) is 1.96. The van der Waals surface area contributed by atoms with Crippen LogP contribution < -0.4 is 0 Å². The van der Waals surface area contributed by atoms with Gasteiger partial charge in [0, 0.05) is 11.3 Å². The molecule has 0 saturated heterocycles. The van der Waals surface area contributed by atoms with Crippen molar-refractivity contribution < 1.29 is 0 Å². The minimum atomic E-state index is 0.391. The van der Waals surface area contributed by atoms with Crippen molar-refractivity contribution in [1.82, 2.24) is 20.0 Å². The quantitative estimate of drug-likeness (QED) is 0.843. The van der Waals surface area contributed by atoms with Crippen molar-refractivity contribution in [2.24, 2.45) is 0 Å². The Kier molecular flexibility index (Phi) is 3.30. The summed E-state index contributed by atoms with van der Waals surface area (Å²) in [6, 6.07) is 2.17. The van der Waals surface area contributed by atoms with Crippen molar-refractivity contribution in [3.63, 3.8) is 0 Å². The summed E-state index contributed by atoms with van der Waals surface area (Å²) in [4.78, 5) is 4.45. The van der Waals surface area contributed by atoms with Gasteiger partial charge in [0.15, 0.2) is 5.69 Å². The Morgan fingerprint density at radius 3 is 2.79 bits per heavy atom. The molecule has 2 heterocycles. The van der Waals surface area contributed by atoms with Gasteiger partial charge in [-0.3, -0.25) is 0 Å². The highest BCUT2D eigenvalue weighted by Crippen LogP contribution is 2.35. The average Bonchev–Trinajstić information content (AvgIpc) is 3.05. The number of aromatic nitrogens is 4. The molecule has 0 spiro atoms. The number of nitriles is 1. The van der Waals surface area contributed by atoms with Gasteiger partial charge in [-0.2, -0.15) is 9.94 Å². The maximum Gasteiger partial charge on any atom is 0.212 e. The van der Waals surface area contributed by atoms with Gasteiger partial charge in [0.25, 0.3) is 0 Å². The molecule has 0 aliphatic heterocycles. The molecule has 1 saturated carbocycles. The smallest absolute Gasteiger partial charge is 0.212 e. The van der Waals surface area contributed by atoms with Gasteiger partial charge < -0.3 is 0 Å². The van der Waals surface area contributed by atoms with Gasteiger partial charge >= 0.3 is 0 Å². The number of aryl methyl sites for hydroxylation is 1. The fourth-order valence-electron chi connectivity index (χ4n) is 2.69. The summed E-state index contributed by atoms with van der Waals surface area (Å²) in [5.41, 5.74) is 2.39. The highest BCUT2D eigenvalue weighted by atomic mass is 32.1. The van der Waals surface area contributed by atoms with Gasteiger partial charge in [-0.15, -0.1) is 16.4 Å². The zero-order valence-electron chi connectivity index (χ0n) is 10.8. The van der Waals surface area contributed by atoms with Crippen molar-refractivity contribution in [2.45, 2.75) is 44.9 Å². The van der Waals surface area contributed by atoms with Crippen LogP contribution in [0.2, 0.25) is 0 Å². The normalized spacial score (nSPS) is 16.4. The van der Waals surface area contributed by atoms with Gasteiger partial charge in [0.1, 0.15) is 6.07 Å². The Morgan fingerprint density at radius 1 is 1.37 bits per heavy atom. The molecule has 2 aromatic rings. The number of hydrogen-bond donors (Lipinski definition) is 0. The Hall–Kier alpha value is -1.74. The Balaban J connectivity index is 2.05. The largest absolute Gasteiger partial charge is 0.224 e. The van der Waals surface area contributed by atoms with Gasteiger partial charge in [-0.05, 0) is 19.8 Å². The molecule has 0 N–H and O–H groups in total. The molecule has 0 radical (unpaired) electrons. The second kappa shape index (κ2) is 5.10. The summed E-state index contributed by atoms with van der Waals surface area (Å²) < 4.78 is 1.77. The molecule has 1 aliphatic rings. The molecule has 3 rings (SSSR count). The van der Waals surface area contributed by atoms with Crippen molar-refractivity contribution in [3.8, 4) is 11.2 Å². The van der Waals surface area contributed by atoms with Crippen LogP contribution in [0.1, 0.15) is 55.1 Å². The predicted octanol–water partition coefficient (Wildman–Crippen LogP) is 2.95. The van der Waals surface area contributed by atoms with E-state index in [2.05, 4.69) is 21.4 Å². The SMILES string of the molecule is Cc1csc(-n2nnc(C#N)c2C2CCCCC2)n1. The summed E-state index contributed by atoms with van der Waals surface area (Å²) in [5, 5.41) is 20.2. The van der Waals surface area contributed by atoms with Gasteiger partial charge in [-0.1, -0.05) is 24.5 Å². The van der Waals surface area contributed by atoms with Crippen LogP contribution in [-0.2, 0) is 0 Å². The standard InChI is InChI=1S/C13H15N5S/c1-9-8-19-13(15-9)18-12(11(7-14)16-17-18)10-5-3-2-4-6-10/h8,10H,2-6H2,1H3. The van der Waals surface area contributed by atoms with Crippen LogP contribution in [0.4, 0.5) is 0 Å². The molecule has 1 fully saturated rings. The van der Waals surface area contributed by atoms with Crippen LogP contribution in [0, 0.1) is 18.3 Å². The van der Waals surface area contributed by atoms with Crippen LogP contribution in [0.5, 0.6) is 0 Å². The minimum absolute atomic E-state index is 0.391. The van der Waals surface area contributed by atoms with Gasteiger partial charge in [-0.25, -0.2) is 4.98 Å². The van der Waals surface area contributed by atoms with Gasteiger partial charge in [0.05, 0.1) is 11.4 Å². The van der Waals surface area contributed by atoms with E-state index in [4.69, 9.17) is 0 Å². The summed E-state index contributed by atoms with van der Waals surface area (Å²) in [5.74, 6) is 0.391. The molecule has 0 bridgehead atoms. The number of thiazole rings is 1. The lowest BCUT2D eigenvalue weighted by Gasteiger charge is -2.21. The maximum absolute atomic E-state index is 9.23. The van der Waals surface area contributed by atoms with Crippen LogP contribution in [0.15, 0.2) is 5.38 Å². The Morgan fingerprint density at radius 2 is 2.16 bits per heavy atom. The fourth-order valence-corrected chi connectivity index (χ4v) is 3.45. The first-order valence-electron chi connectivity index (χ1n) is 6.58. The first-order valence-corrected chi connectivity index (χ1v) is 7.45. The number of nitrogens with zero attached hydrogens (tertiary/aromatic N) is 5. The van der Waals surface area contributed by atoms with Crippen LogP contribution in [0.3, 0.4) is 0 Å². The molecule has 0 atom stereocenters. The fraction of sp³-hybridized carbons (Fsp3) is 0.538. The average molecular weight is 273 g/mol. The number of hydrogen-bond acceptors (Lipinski definition) is 5. The summed E-state index contributed by atoms with van der Waals surface area (Å²) >= 11 is 1.54. The van der Waals surface area contributed by atoms with E-state index in [1.165, 1.54) is 19.3 Å². The zero-order chi connectivity index (χ0) is 13.2. The van der Waals surface area contributed by atoms with E-state index in [0.29, 0.717) is 11.6 Å². The van der Waals surface area contributed by atoms with E-state index in [-0.39, 0.29) is 0 Å². The highest BCUT2D eigenvalue weighted by molar-refractivity contribution is 7.12. The zero-order valence-corrected chi connectivity index (χ0v) is 11.7. The molecular weight excluding hydrogens is 258 g/mol. The van der Waals surface area contributed by atoms with Crippen LogP contribution in [0.25, 0.3) is 5.13 Å². The van der Waals surface area contributed by atoms with Crippen molar-refractivity contribution in [1.29, 1.82) is 5.26 Å². The van der Waals surface area contributed by atoms with E-state index < -0.39 is 0 Å². The molecular formula is C13H15N5S. The van der Waals surface area contributed by atoms with E-state index in [1.807, 2.05) is 12.3 Å². The maximum atomic E-state index is 9.23. The molecule has 19 heavy (non-hydrogen) atoms. The lowest BCUT2D eigenvalue weighted by atomic mass is 9.86. The topological polar surface area (TPSA) is 67.4 Å². The summed E-state index contributed by atoms with van der Waals surface area (Å²) in [7, 11) is 0. The first kappa shape index (κ1) is 12.3. The van der Waals surface area contributed by atoms with E-state index >= 15 is 0 Å². The Labute approximate surface area is 115 Å². The molecule has 0 amide bonds. The lowest BCUT2D eigenvalue weighted by Crippen LogP contribution is -2.12. The number of rotatable bonds is 2. The molecule has 6 heteroatoms. The lowest BCUT2D eigenvalue weighted by molar-refractivity contribution is 0.429. The summed E-state index contributed by atoms with van der Waals surface area (Å²) in [6.07, 6.45) is 5.96. The third-order valence-electron chi connectivity index (χ3n) is 3.59. The van der Waals surface area contributed by atoms with E-state index in [0.717, 1.165) is 29.4 Å². The molecule has 0 unspecified atom stereocenters.